The van der Waals surface area contributed by atoms with Gasteiger partial charge in [-0.1, -0.05) is 25.2 Å². The Balaban J connectivity index is 1.51. The number of carbonyl (C=O) groups is 3. The van der Waals surface area contributed by atoms with Gasteiger partial charge in [-0.3, -0.25) is 24.1 Å². The molecule has 27 heavy (non-hydrogen) atoms. The molecule has 2 amide bonds. The van der Waals surface area contributed by atoms with Crippen LogP contribution in [0.3, 0.4) is 0 Å². The number of imide groups is 1. The van der Waals surface area contributed by atoms with Gasteiger partial charge in [-0.15, -0.1) is 11.8 Å². The number of aliphatic carboxylic acids is 1. The number of nitrogens with zero attached hydrogens (tertiary/aromatic N) is 1. The number of thiazole rings is 1. The van der Waals surface area contributed by atoms with E-state index in [9.17, 15) is 19.2 Å². The molecule has 2 bridgehead atoms. The van der Waals surface area contributed by atoms with Gasteiger partial charge in [0.15, 0.2) is 0 Å². The fraction of sp³-hybridized carbons (Fsp3) is 0.667. The molecule has 1 aromatic heterocycles. The van der Waals surface area contributed by atoms with Gasteiger partial charge in [0.2, 0.25) is 11.8 Å². The van der Waals surface area contributed by atoms with E-state index in [1.54, 1.807) is 11.8 Å². The van der Waals surface area contributed by atoms with Crippen LogP contribution >= 0.6 is 23.1 Å². The molecule has 7 nitrogen and oxygen atoms in total. The lowest BCUT2D eigenvalue weighted by Gasteiger charge is -2.47. The van der Waals surface area contributed by atoms with Crippen LogP contribution < -0.4 is 4.87 Å². The highest BCUT2D eigenvalue weighted by Gasteiger charge is 2.70. The van der Waals surface area contributed by atoms with Crippen LogP contribution in [0.5, 0.6) is 0 Å². The summed E-state index contributed by atoms with van der Waals surface area (Å²) in [5.41, 5.74) is -0.225. The normalized spacial score (nSPS) is 38.1. The summed E-state index contributed by atoms with van der Waals surface area (Å²) in [4.78, 5) is 53.8. The second kappa shape index (κ2) is 5.47. The van der Waals surface area contributed by atoms with E-state index in [0.717, 1.165) is 16.3 Å². The van der Waals surface area contributed by atoms with Gasteiger partial charge in [0.25, 0.3) is 0 Å². The molecule has 2 aliphatic heterocycles. The van der Waals surface area contributed by atoms with Crippen molar-refractivity contribution in [2.75, 3.05) is 6.54 Å². The van der Waals surface area contributed by atoms with E-state index < -0.39 is 5.97 Å². The Morgan fingerprint density at radius 2 is 1.89 bits per heavy atom. The minimum Gasteiger partial charge on any atom is -0.481 e. The Labute approximate surface area is 163 Å². The van der Waals surface area contributed by atoms with Crippen LogP contribution in [-0.2, 0) is 19.8 Å². The van der Waals surface area contributed by atoms with E-state index in [-0.39, 0.29) is 69.9 Å². The van der Waals surface area contributed by atoms with Crippen molar-refractivity contribution >= 4 is 40.9 Å². The van der Waals surface area contributed by atoms with Crippen LogP contribution in [0.1, 0.15) is 31.6 Å². The topological polar surface area (TPSA) is 108 Å². The lowest BCUT2D eigenvalue weighted by Crippen LogP contribution is -2.48. The number of likely N-dealkylation sites (tertiary alicyclic amines) is 1. The number of aromatic nitrogens is 1. The van der Waals surface area contributed by atoms with Crippen LogP contribution in [0, 0.1) is 29.6 Å². The molecule has 1 aromatic rings. The van der Waals surface area contributed by atoms with Crippen molar-refractivity contribution < 1.29 is 19.5 Å². The number of carbonyl (C=O) groups excluding carboxylic acids is 2. The minimum atomic E-state index is -1.01. The third-order valence-corrected chi connectivity index (χ3v) is 9.84. The Kier molecular flexibility index (Phi) is 3.54. The first-order chi connectivity index (χ1) is 12.7. The summed E-state index contributed by atoms with van der Waals surface area (Å²) in [6.07, 6.45) is 0.655. The summed E-state index contributed by atoms with van der Waals surface area (Å²) in [6.45, 7) is 4.25. The summed E-state index contributed by atoms with van der Waals surface area (Å²) in [7, 11) is 0. The van der Waals surface area contributed by atoms with Crippen LogP contribution in [0.2, 0.25) is 0 Å². The maximum atomic E-state index is 13.0. The van der Waals surface area contributed by atoms with Gasteiger partial charge < -0.3 is 10.1 Å². The summed E-state index contributed by atoms with van der Waals surface area (Å²) in [5, 5.41) is 10.0. The van der Waals surface area contributed by atoms with Crippen LogP contribution in [0.15, 0.2) is 9.82 Å². The fourth-order valence-corrected chi connectivity index (χ4v) is 9.30. The molecule has 2 N–H and O–H groups in total. The second-order valence-corrected chi connectivity index (χ2v) is 10.8. The van der Waals surface area contributed by atoms with E-state index in [1.807, 2.05) is 0 Å². The predicted octanol–water partition coefficient (Wildman–Crippen LogP) is 1.53. The first-order valence-corrected chi connectivity index (χ1v) is 10.9. The maximum Gasteiger partial charge on any atom is 0.305 e. The SMILES string of the molecule is CC1(C)c2sc(=O)[nH]c2S[C@@H]2[C@@H]3C[C@@H]([C@H]4C(=O)N(CCC(=O)O)C(=O)[C@H]34)[C@H]21. The van der Waals surface area contributed by atoms with Crippen LogP contribution in [-0.4, -0.2) is 44.6 Å². The summed E-state index contributed by atoms with van der Waals surface area (Å²) in [5.74, 6) is -1.58. The number of H-pyrrole nitrogens is 1. The number of hydrogen-bond acceptors (Lipinski definition) is 6. The number of nitrogens with one attached hydrogen (secondary N) is 1. The van der Waals surface area contributed by atoms with Gasteiger partial charge >= 0.3 is 10.8 Å². The van der Waals surface area contributed by atoms with Crippen LogP contribution in [0.25, 0.3) is 0 Å². The zero-order chi connectivity index (χ0) is 19.2. The Bertz CT molecular complexity index is 934. The molecule has 5 rings (SSSR count). The largest absolute Gasteiger partial charge is 0.481 e. The predicted molar refractivity (Wildman–Crippen MR) is 98.7 cm³/mol. The number of thioether (sulfide) groups is 1. The van der Waals surface area contributed by atoms with Crippen molar-refractivity contribution in [3.05, 3.63) is 14.5 Å². The van der Waals surface area contributed by atoms with Crippen molar-refractivity contribution in [3.8, 4) is 0 Å². The average molecular weight is 409 g/mol. The molecule has 1 saturated heterocycles. The Morgan fingerprint density at radius 1 is 1.22 bits per heavy atom. The molecule has 4 aliphatic rings. The van der Waals surface area contributed by atoms with E-state index >= 15 is 0 Å². The zero-order valence-corrected chi connectivity index (χ0v) is 16.6. The summed E-state index contributed by atoms with van der Waals surface area (Å²) in [6, 6.07) is 0. The van der Waals surface area contributed by atoms with Crippen molar-refractivity contribution in [2.24, 2.45) is 29.6 Å². The molecular weight excluding hydrogens is 388 g/mol. The molecule has 0 unspecified atom stereocenters. The lowest BCUT2D eigenvalue weighted by atomic mass is 9.64. The highest BCUT2D eigenvalue weighted by molar-refractivity contribution is 8.00. The maximum absolute atomic E-state index is 13.0. The summed E-state index contributed by atoms with van der Waals surface area (Å²) < 4.78 is 0. The van der Waals surface area contributed by atoms with Gasteiger partial charge in [-0.05, 0) is 24.2 Å². The quantitative estimate of drug-likeness (QED) is 0.735. The second-order valence-electron chi connectivity index (χ2n) is 8.59. The van der Waals surface area contributed by atoms with E-state index in [2.05, 4.69) is 18.8 Å². The molecule has 0 radical (unpaired) electrons. The van der Waals surface area contributed by atoms with Crippen molar-refractivity contribution in [1.29, 1.82) is 0 Å². The monoisotopic (exact) mass is 408 g/mol. The van der Waals surface area contributed by atoms with Crippen molar-refractivity contribution in [2.45, 2.75) is 42.4 Å². The first-order valence-electron chi connectivity index (χ1n) is 9.19. The number of fused-ring (bicyclic) bond motifs is 9. The molecule has 3 fully saturated rings. The van der Waals surface area contributed by atoms with E-state index in [1.165, 1.54) is 16.2 Å². The van der Waals surface area contributed by atoms with Gasteiger partial charge in [-0.25, -0.2) is 0 Å². The fourth-order valence-electron chi connectivity index (χ4n) is 6.14. The Morgan fingerprint density at radius 3 is 2.56 bits per heavy atom. The van der Waals surface area contributed by atoms with Gasteiger partial charge in [-0.2, -0.15) is 0 Å². The number of aromatic amines is 1. The molecule has 2 saturated carbocycles. The minimum absolute atomic E-state index is 0.0357. The number of amides is 2. The summed E-state index contributed by atoms with van der Waals surface area (Å²) >= 11 is 2.92. The van der Waals surface area contributed by atoms with E-state index in [4.69, 9.17) is 5.11 Å². The third kappa shape index (κ3) is 2.15. The van der Waals surface area contributed by atoms with Crippen LogP contribution in [0.4, 0.5) is 0 Å². The number of carboxylic acid groups (broad SMARTS) is 1. The van der Waals surface area contributed by atoms with Gasteiger partial charge in [0.1, 0.15) is 0 Å². The Hall–Kier alpha value is -1.61. The number of carboxylic acids is 1. The van der Waals surface area contributed by atoms with Crippen molar-refractivity contribution in [1.82, 2.24) is 9.88 Å². The first kappa shape index (κ1) is 17.5. The highest BCUT2D eigenvalue weighted by Crippen LogP contribution is 2.68. The molecule has 0 aromatic carbocycles. The number of rotatable bonds is 3. The molecule has 2 aliphatic carbocycles. The third-order valence-electron chi connectivity index (χ3n) is 7.03. The molecule has 0 spiro atoms. The molecule has 6 atom stereocenters. The highest BCUT2D eigenvalue weighted by atomic mass is 32.2. The average Bonchev–Trinajstić information content (AvgIpc) is 3.28. The number of hydrogen-bond donors (Lipinski definition) is 2. The molecule has 144 valence electrons. The molecule has 9 heteroatoms. The molecular formula is C18H20N2O5S2. The zero-order valence-electron chi connectivity index (χ0n) is 14.9. The lowest BCUT2D eigenvalue weighted by molar-refractivity contribution is -0.142. The standard InChI is InChI=1S/C18H20N2O5S2/c1-18(2)11-6-5-7(12(11)26-14-13(18)27-17(25)19-14)10-9(6)15(23)20(16(10)24)4-3-8(21)22/h6-7,9-12H,3-5H2,1-2H3,(H,19,25)(H,21,22)/t6-,7+,9+,10+,11+,12+/m0/s1. The smallest absolute Gasteiger partial charge is 0.305 e. The van der Waals surface area contributed by atoms with E-state index in [0.29, 0.717) is 0 Å². The van der Waals surface area contributed by atoms with Crippen molar-refractivity contribution in [3.63, 3.8) is 0 Å². The van der Waals surface area contributed by atoms with Gasteiger partial charge in [0.05, 0.1) is 23.3 Å². The molecule has 3 heterocycles. The van der Waals surface area contributed by atoms with Gasteiger partial charge in [0, 0.05) is 22.1 Å².